The fraction of sp³-hybridized carbons (Fsp3) is 0.105. The minimum atomic E-state index is -0.316. The zero-order valence-corrected chi connectivity index (χ0v) is 17.3. The number of hydrogen-bond donors (Lipinski definition) is 1. The minimum Gasteiger partial charge on any atom is -0.355 e. The SMILES string of the molecule is [C-]#[N+]c1cc(C)c(N=Cc2cc(Br)nn2-c2ncccc2Cl)c(C(=O)NC)c1. The molecule has 2 aromatic heterocycles. The molecular weight excluding hydrogens is 444 g/mol. The Hall–Kier alpha value is -3.02. The molecule has 7 nitrogen and oxygen atoms in total. The molecule has 0 saturated carbocycles. The van der Waals surface area contributed by atoms with Crippen molar-refractivity contribution in [2.45, 2.75) is 6.92 Å². The molecule has 1 N–H and O–H groups in total. The van der Waals surface area contributed by atoms with Crippen molar-refractivity contribution in [2.24, 2.45) is 4.99 Å². The van der Waals surface area contributed by atoms with Crippen LogP contribution in [0.3, 0.4) is 0 Å². The Kier molecular flexibility index (Phi) is 5.87. The number of hydrogen-bond acceptors (Lipinski definition) is 4. The zero-order chi connectivity index (χ0) is 20.3. The highest BCUT2D eigenvalue weighted by Crippen LogP contribution is 2.30. The molecule has 140 valence electrons. The smallest absolute Gasteiger partial charge is 0.251 e. The van der Waals surface area contributed by atoms with Gasteiger partial charge in [0.25, 0.3) is 5.91 Å². The number of benzene rings is 1. The van der Waals surface area contributed by atoms with E-state index in [1.165, 1.54) is 13.1 Å². The highest BCUT2D eigenvalue weighted by atomic mass is 79.9. The van der Waals surface area contributed by atoms with Crippen molar-refractivity contribution in [1.82, 2.24) is 20.1 Å². The summed E-state index contributed by atoms with van der Waals surface area (Å²) in [6.07, 6.45) is 3.20. The molecule has 2 heterocycles. The van der Waals surface area contributed by atoms with Crippen molar-refractivity contribution in [2.75, 3.05) is 7.05 Å². The van der Waals surface area contributed by atoms with Crippen LogP contribution in [0.2, 0.25) is 5.02 Å². The van der Waals surface area contributed by atoms with Gasteiger partial charge in [0.05, 0.1) is 34.8 Å². The number of nitrogens with zero attached hydrogens (tertiary/aromatic N) is 5. The lowest BCUT2D eigenvalue weighted by molar-refractivity contribution is 0.0964. The molecule has 3 aromatic rings. The summed E-state index contributed by atoms with van der Waals surface area (Å²) >= 11 is 9.59. The van der Waals surface area contributed by atoms with Gasteiger partial charge in [0, 0.05) is 19.3 Å². The first kappa shape index (κ1) is 19.7. The van der Waals surface area contributed by atoms with E-state index in [9.17, 15) is 4.79 Å². The van der Waals surface area contributed by atoms with E-state index in [0.717, 1.165) is 0 Å². The summed E-state index contributed by atoms with van der Waals surface area (Å²) < 4.78 is 2.14. The van der Waals surface area contributed by atoms with Crippen LogP contribution in [0.15, 0.2) is 46.1 Å². The van der Waals surface area contributed by atoms with Crippen LogP contribution in [0.4, 0.5) is 11.4 Å². The zero-order valence-electron chi connectivity index (χ0n) is 14.9. The number of amides is 1. The van der Waals surface area contributed by atoms with E-state index in [4.69, 9.17) is 18.2 Å². The Bertz CT molecular complexity index is 1130. The average Bonchev–Trinajstić information content (AvgIpc) is 3.06. The van der Waals surface area contributed by atoms with E-state index in [1.807, 2.05) is 0 Å². The number of aryl methyl sites for hydroxylation is 1. The van der Waals surface area contributed by atoms with Crippen LogP contribution in [-0.2, 0) is 0 Å². The number of carbonyl (C=O) groups excluding carboxylic acids is 1. The Morgan fingerprint density at radius 2 is 2.21 bits per heavy atom. The first-order valence-corrected chi connectivity index (χ1v) is 9.26. The van der Waals surface area contributed by atoms with Crippen LogP contribution in [0.1, 0.15) is 21.6 Å². The number of halogens is 2. The number of rotatable bonds is 4. The normalized spacial score (nSPS) is 10.8. The molecule has 0 atom stereocenters. The number of aliphatic imine (C=N–C) groups is 1. The minimum absolute atomic E-state index is 0.316. The maximum absolute atomic E-state index is 12.3. The second-order valence-electron chi connectivity index (χ2n) is 5.72. The van der Waals surface area contributed by atoms with Crippen LogP contribution in [0.5, 0.6) is 0 Å². The van der Waals surface area contributed by atoms with Gasteiger partial charge in [-0.25, -0.2) is 14.5 Å². The fourth-order valence-electron chi connectivity index (χ4n) is 2.59. The van der Waals surface area contributed by atoms with Crippen molar-refractivity contribution in [3.8, 4) is 5.82 Å². The predicted octanol–water partition coefficient (Wildman–Crippen LogP) is 4.65. The maximum atomic E-state index is 12.3. The Morgan fingerprint density at radius 1 is 1.43 bits per heavy atom. The standard InChI is InChI=1S/C19H14BrClN6O/c1-11-7-12(22-2)8-14(19(28)23-3)17(11)25-10-13-9-16(20)26-27(13)18-15(21)5-4-6-24-18/h4-10H,1,3H3,(H,23,28). The summed E-state index contributed by atoms with van der Waals surface area (Å²) in [5, 5.41) is 7.37. The fourth-order valence-corrected chi connectivity index (χ4v) is 3.19. The average molecular weight is 458 g/mol. The van der Waals surface area contributed by atoms with E-state index in [0.29, 0.717) is 43.6 Å². The molecule has 0 saturated heterocycles. The highest BCUT2D eigenvalue weighted by molar-refractivity contribution is 9.10. The van der Waals surface area contributed by atoms with Gasteiger partial charge in [0.15, 0.2) is 11.5 Å². The number of nitrogens with one attached hydrogen (secondary N) is 1. The van der Waals surface area contributed by atoms with Crippen LogP contribution in [0, 0.1) is 13.5 Å². The lowest BCUT2D eigenvalue weighted by Crippen LogP contribution is -2.18. The van der Waals surface area contributed by atoms with Gasteiger partial charge in [-0.05, 0) is 46.6 Å². The van der Waals surface area contributed by atoms with E-state index in [2.05, 4.69) is 41.2 Å². The van der Waals surface area contributed by atoms with Gasteiger partial charge in [-0.15, -0.1) is 0 Å². The number of carbonyl (C=O) groups is 1. The van der Waals surface area contributed by atoms with Crippen LogP contribution in [-0.4, -0.2) is 33.9 Å². The van der Waals surface area contributed by atoms with Crippen molar-refractivity contribution < 1.29 is 4.79 Å². The molecule has 0 spiro atoms. The molecule has 0 fully saturated rings. The third kappa shape index (κ3) is 3.96. The molecule has 0 radical (unpaired) electrons. The van der Waals surface area contributed by atoms with E-state index in [-0.39, 0.29) is 5.91 Å². The second kappa shape index (κ2) is 8.33. The quantitative estimate of drug-likeness (QED) is 0.457. The molecule has 0 unspecified atom stereocenters. The van der Waals surface area contributed by atoms with Crippen LogP contribution >= 0.6 is 27.5 Å². The Morgan fingerprint density at radius 3 is 2.89 bits per heavy atom. The Labute approximate surface area is 175 Å². The maximum Gasteiger partial charge on any atom is 0.251 e. The van der Waals surface area contributed by atoms with Crippen molar-refractivity contribution in [1.29, 1.82) is 0 Å². The summed E-state index contributed by atoms with van der Waals surface area (Å²) in [5.74, 6) is 0.145. The molecule has 1 amide bonds. The molecule has 0 bridgehead atoms. The molecule has 0 aliphatic heterocycles. The van der Waals surface area contributed by atoms with E-state index >= 15 is 0 Å². The molecule has 1 aromatic carbocycles. The van der Waals surface area contributed by atoms with Crippen LogP contribution in [0.25, 0.3) is 10.7 Å². The van der Waals surface area contributed by atoms with Gasteiger partial charge in [-0.1, -0.05) is 17.7 Å². The van der Waals surface area contributed by atoms with Crippen molar-refractivity contribution in [3.63, 3.8) is 0 Å². The highest BCUT2D eigenvalue weighted by Gasteiger charge is 2.15. The third-order valence-corrected chi connectivity index (χ3v) is 4.54. The van der Waals surface area contributed by atoms with Gasteiger partial charge in [-0.2, -0.15) is 5.10 Å². The van der Waals surface area contributed by atoms with Crippen molar-refractivity contribution in [3.05, 3.63) is 74.4 Å². The Balaban J connectivity index is 2.11. The van der Waals surface area contributed by atoms with Gasteiger partial charge in [0.2, 0.25) is 0 Å². The summed E-state index contributed by atoms with van der Waals surface area (Å²) in [6, 6.07) is 8.42. The van der Waals surface area contributed by atoms with E-state index in [1.54, 1.807) is 48.3 Å². The molecule has 28 heavy (non-hydrogen) atoms. The first-order valence-electron chi connectivity index (χ1n) is 8.09. The van der Waals surface area contributed by atoms with Gasteiger partial charge in [0.1, 0.15) is 4.60 Å². The molecular formula is C19H14BrClN6O. The second-order valence-corrected chi connectivity index (χ2v) is 6.94. The van der Waals surface area contributed by atoms with Gasteiger partial charge < -0.3 is 5.32 Å². The molecule has 0 aliphatic carbocycles. The largest absolute Gasteiger partial charge is 0.355 e. The molecule has 9 heteroatoms. The first-order chi connectivity index (χ1) is 13.4. The summed E-state index contributed by atoms with van der Waals surface area (Å²) in [7, 11) is 1.53. The monoisotopic (exact) mass is 456 g/mol. The summed E-state index contributed by atoms with van der Waals surface area (Å²) in [4.78, 5) is 24.4. The third-order valence-electron chi connectivity index (χ3n) is 3.86. The van der Waals surface area contributed by atoms with Gasteiger partial charge >= 0.3 is 0 Å². The summed E-state index contributed by atoms with van der Waals surface area (Å²) in [6.45, 7) is 9.01. The van der Waals surface area contributed by atoms with Crippen molar-refractivity contribution >= 4 is 51.0 Å². The number of pyridine rings is 1. The number of aromatic nitrogens is 3. The lowest BCUT2D eigenvalue weighted by atomic mass is 10.1. The van der Waals surface area contributed by atoms with Gasteiger partial charge in [-0.3, -0.25) is 9.79 Å². The van der Waals surface area contributed by atoms with Crippen LogP contribution < -0.4 is 5.32 Å². The summed E-state index contributed by atoms with van der Waals surface area (Å²) in [5.41, 5.74) is 2.50. The topological polar surface area (TPSA) is 76.5 Å². The molecule has 3 rings (SSSR count). The lowest BCUT2D eigenvalue weighted by Gasteiger charge is -2.09. The van der Waals surface area contributed by atoms with E-state index < -0.39 is 0 Å². The predicted molar refractivity (Wildman–Crippen MR) is 112 cm³/mol. The molecule has 0 aliphatic rings.